The summed E-state index contributed by atoms with van der Waals surface area (Å²) in [6, 6.07) is 9.60. The first kappa shape index (κ1) is 16.3. The molecule has 1 N–H and O–H groups in total. The van der Waals surface area contributed by atoms with Crippen molar-refractivity contribution in [3.05, 3.63) is 51.9 Å². The van der Waals surface area contributed by atoms with Crippen LogP contribution in [0.5, 0.6) is 0 Å². The zero-order chi connectivity index (χ0) is 16.4. The van der Waals surface area contributed by atoms with Crippen LogP contribution in [0.2, 0.25) is 0 Å². The van der Waals surface area contributed by atoms with Crippen molar-refractivity contribution in [1.82, 2.24) is 9.97 Å². The van der Waals surface area contributed by atoms with Crippen LogP contribution in [0.4, 0.5) is 0 Å². The number of aromatic amines is 1. The molecule has 23 heavy (non-hydrogen) atoms. The van der Waals surface area contributed by atoms with Crippen molar-refractivity contribution in [2.45, 2.75) is 31.5 Å². The van der Waals surface area contributed by atoms with Gasteiger partial charge in [0.05, 0.1) is 0 Å². The van der Waals surface area contributed by atoms with Gasteiger partial charge in [-0.25, -0.2) is 0 Å². The molecule has 0 fully saturated rings. The molecule has 0 amide bonds. The second kappa shape index (κ2) is 6.51. The number of nitrogens with zero attached hydrogens (tertiary/aromatic N) is 2. The summed E-state index contributed by atoms with van der Waals surface area (Å²) in [6.07, 6.45) is 0. The van der Waals surface area contributed by atoms with Crippen molar-refractivity contribution in [2.24, 2.45) is 4.99 Å². The number of nitrogens with one attached hydrogen (secondary N) is 1. The fourth-order valence-electron chi connectivity index (χ4n) is 2.11. The van der Waals surface area contributed by atoms with E-state index in [1.807, 2.05) is 25.1 Å². The molecule has 7 heteroatoms. The third-order valence-corrected chi connectivity index (χ3v) is 7.15. The van der Waals surface area contributed by atoms with E-state index in [9.17, 15) is 4.79 Å². The van der Waals surface area contributed by atoms with Crippen LogP contribution in [0.3, 0.4) is 0 Å². The predicted octanol–water partition coefficient (Wildman–Crippen LogP) is 1.67. The SMILES string of the molecule is Cc1cc(=O)[nH]c(S[Se]c2ccccc2C2=NC(C)(C)CO2)n1. The molecule has 1 aromatic heterocycles. The summed E-state index contributed by atoms with van der Waals surface area (Å²) >= 11 is 0.0545. The Morgan fingerprint density at radius 1 is 1.35 bits per heavy atom. The Labute approximate surface area is 144 Å². The summed E-state index contributed by atoms with van der Waals surface area (Å²) in [7, 11) is 1.56. The van der Waals surface area contributed by atoms with Crippen LogP contribution in [-0.2, 0) is 4.74 Å². The van der Waals surface area contributed by atoms with Crippen molar-refractivity contribution in [1.29, 1.82) is 0 Å². The Morgan fingerprint density at radius 3 is 2.83 bits per heavy atom. The van der Waals surface area contributed by atoms with E-state index in [0.717, 1.165) is 11.3 Å². The average Bonchev–Trinajstić information content (AvgIpc) is 2.84. The molecule has 3 rings (SSSR count). The molecule has 1 aromatic carbocycles. The summed E-state index contributed by atoms with van der Waals surface area (Å²) in [4.78, 5) is 23.3. The van der Waals surface area contributed by atoms with Gasteiger partial charge in [0, 0.05) is 0 Å². The molecular weight excluding hydrogens is 377 g/mol. The Hall–Kier alpha value is -1.56. The van der Waals surface area contributed by atoms with Gasteiger partial charge in [0.2, 0.25) is 0 Å². The standard InChI is InChI=1S/C16H17N3O2SSe/c1-10-8-13(20)18-15(17-10)22-23-12-7-5-4-6-11(12)14-19-16(2,3)9-21-14/h4-8H,9H2,1-3H3,(H,17,18,20). The molecule has 1 aliphatic heterocycles. The van der Waals surface area contributed by atoms with Crippen LogP contribution in [-0.4, -0.2) is 41.8 Å². The molecule has 120 valence electrons. The second-order valence-electron chi connectivity index (χ2n) is 5.87. The number of ether oxygens (including phenoxy) is 1. The monoisotopic (exact) mass is 395 g/mol. The molecule has 0 radical (unpaired) electrons. The minimum absolute atomic E-state index is 0.0545. The fraction of sp³-hybridized carbons (Fsp3) is 0.312. The minimum atomic E-state index is -0.175. The Bertz CT molecular complexity index is 817. The third kappa shape index (κ3) is 4.05. The van der Waals surface area contributed by atoms with Gasteiger partial charge in [-0.05, 0) is 0 Å². The maximum atomic E-state index is 11.5. The van der Waals surface area contributed by atoms with E-state index < -0.39 is 0 Å². The van der Waals surface area contributed by atoms with Crippen LogP contribution in [0.25, 0.3) is 0 Å². The first-order chi connectivity index (χ1) is 10.9. The molecule has 0 spiro atoms. The molecule has 0 saturated carbocycles. The zero-order valence-corrected chi connectivity index (χ0v) is 15.7. The van der Waals surface area contributed by atoms with Crippen molar-refractivity contribution in [2.75, 3.05) is 6.61 Å². The van der Waals surface area contributed by atoms with Crippen LogP contribution < -0.4 is 10.0 Å². The van der Waals surface area contributed by atoms with Gasteiger partial charge >= 0.3 is 144 Å². The number of rotatable bonds is 4. The summed E-state index contributed by atoms with van der Waals surface area (Å²) in [6.45, 7) is 6.54. The number of aromatic nitrogens is 2. The predicted molar refractivity (Wildman–Crippen MR) is 93.8 cm³/mol. The van der Waals surface area contributed by atoms with Crippen LogP contribution >= 0.6 is 10.2 Å². The Morgan fingerprint density at radius 2 is 2.13 bits per heavy atom. The van der Waals surface area contributed by atoms with Gasteiger partial charge in [-0.1, -0.05) is 0 Å². The van der Waals surface area contributed by atoms with E-state index in [1.54, 1.807) is 10.2 Å². The maximum absolute atomic E-state index is 11.5. The van der Waals surface area contributed by atoms with E-state index in [0.29, 0.717) is 17.7 Å². The second-order valence-corrected chi connectivity index (χ2v) is 9.61. The topological polar surface area (TPSA) is 67.3 Å². The molecule has 2 heterocycles. The van der Waals surface area contributed by atoms with Gasteiger partial charge in [-0.15, -0.1) is 0 Å². The van der Waals surface area contributed by atoms with E-state index in [2.05, 4.69) is 34.9 Å². The van der Waals surface area contributed by atoms with Crippen LogP contribution in [0.1, 0.15) is 25.1 Å². The van der Waals surface area contributed by atoms with Gasteiger partial charge in [0.25, 0.3) is 0 Å². The number of H-pyrrole nitrogens is 1. The van der Waals surface area contributed by atoms with Gasteiger partial charge in [0.1, 0.15) is 0 Å². The molecule has 2 aromatic rings. The third-order valence-electron chi connectivity index (χ3n) is 3.14. The summed E-state index contributed by atoms with van der Waals surface area (Å²) in [5, 5.41) is 0.652. The summed E-state index contributed by atoms with van der Waals surface area (Å²) in [5.41, 5.74) is 1.46. The first-order valence-corrected chi connectivity index (χ1v) is 10.9. The number of hydrogen-bond acceptors (Lipinski definition) is 5. The fourth-order valence-corrected chi connectivity index (χ4v) is 5.72. The Balaban J connectivity index is 1.83. The molecule has 0 saturated heterocycles. The van der Waals surface area contributed by atoms with E-state index in [4.69, 9.17) is 4.74 Å². The van der Waals surface area contributed by atoms with Crippen LogP contribution in [0, 0.1) is 6.92 Å². The molecule has 0 atom stereocenters. The Kier molecular flexibility index (Phi) is 4.62. The number of aryl methyl sites for hydroxylation is 1. The molecular formula is C16H17N3O2SSe. The normalized spacial score (nSPS) is 16.0. The van der Waals surface area contributed by atoms with Crippen LogP contribution in [0.15, 0.2) is 45.3 Å². The first-order valence-electron chi connectivity index (χ1n) is 7.17. The van der Waals surface area contributed by atoms with Gasteiger partial charge in [-0.2, -0.15) is 0 Å². The van der Waals surface area contributed by atoms with Crippen molar-refractivity contribution < 1.29 is 4.74 Å². The van der Waals surface area contributed by atoms with E-state index in [-0.39, 0.29) is 24.9 Å². The van der Waals surface area contributed by atoms with Gasteiger partial charge < -0.3 is 0 Å². The zero-order valence-electron chi connectivity index (χ0n) is 13.1. The number of benzene rings is 1. The quantitative estimate of drug-likeness (QED) is 0.633. The average molecular weight is 394 g/mol. The number of hydrogen-bond donors (Lipinski definition) is 1. The molecule has 0 aliphatic carbocycles. The number of aliphatic imine (C=N–C) groups is 1. The molecule has 0 unspecified atom stereocenters. The molecule has 1 aliphatic rings. The van der Waals surface area contributed by atoms with Crippen molar-refractivity contribution in [3.8, 4) is 0 Å². The van der Waals surface area contributed by atoms with E-state index >= 15 is 0 Å². The molecule has 5 nitrogen and oxygen atoms in total. The molecule has 0 bridgehead atoms. The summed E-state index contributed by atoms with van der Waals surface area (Å²) < 4.78 is 6.93. The van der Waals surface area contributed by atoms with Crippen molar-refractivity contribution >= 4 is 34.4 Å². The summed E-state index contributed by atoms with van der Waals surface area (Å²) in [5.74, 6) is 0.707. The van der Waals surface area contributed by atoms with Gasteiger partial charge in [0.15, 0.2) is 0 Å². The van der Waals surface area contributed by atoms with Gasteiger partial charge in [-0.3, -0.25) is 0 Å². The van der Waals surface area contributed by atoms with Crippen molar-refractivity contribution in [3.63, 3.8) is 0 Å². The van der Waals surface area contributed by atoms with E-state index in [1.165, 1.54) is 10.5 Å².